The Morgan fingerprint density at radius 1 is 1.07 bits per heavy atom. The highest BCUT2D eigenvalue weighted by molar-refractivity contribution is 5.67. The van der Waals surface area contributed by atoms with Crippen LogP contribution < -0.4 is 14.2 Å². The van der Waals surface area contributed by atoms with E-state index in [1.54, 1.807) is 13.2 Å². The summed E-state index contributed by atoms with van der Waals surface area (Å²) in [4.78, 5) is 10.9. The number of aliphatic carboxylic acids is 1. The van der Waals surface area contributed by atoms with Gasteiger partial charge < -0.3 is 19.3 Å². The van der Waals surface area contributed by atoms with E-state index in [0.29, 0.717) is 37.1 Å². The predicted molar refractivity (Wildman–Crippen MR) is 105 cm³/mol. The van der Waals surface area contributed by atoms with Crippen LogP contribution in [0.4, 0.5) is 0 Å². The van der Waals surface area contributed by atoms with E-state index in [-0.39, 0.29) is 6.42 Å². The van der Waals surface area contributed by atoms with E-state index in [4.69, 9.17) is 19.3 Å². The lowest BCUT2D eigenvalue weighted by Crippen LogP contribution is -2.12. The van der Waals surface area contributed by atoms with Gasteiger partial charge in [-0.2, -0.15) is 0 Å². The van der Waals surface area contributed by atoms with Gasteiger partial charge in [0.25, 0.3) is 0 Å². The molecule has 5 heteroatoms. The minimum absolute atomic E-state index is 0.0427. The Kier molecular flexibility index (Phi) is 7.53. The van der Waals surface area contributed by atoms with Gasteiger partial charge in [0.2, 0.25) is 0 Å². The average molecular weight is 372 g/mol. The van der Waals surface area contributed by atoms with Crippen molar-refractivity contribution in [3.8, 4) is 17.2 Å². The Morgan fingerprint density at radius 2 is 1.81 bits per heavy atom. The molecular weight excluding hydrogens is 344 g/mol. The van der Waals surface area contributed by atoms with Crippen LogP contribution in [0.5, 0.6) is 17.2 Å². The molecule has 0 fully saturated rings. The van der Waals surface area contributed by atoms with Crippen molar-refractivity contribution >= 4 is 5.97 Å². The van der Waals surface area contributed by atoms with Gasteiger partial charge in [-0.05, 0) is 48.1 Å². The van der Waals surface area contributed by atoms with E-state index in [1.165, 1.54) is 5.56 Å². The molecule has 0 atom stereocenters. The molecule has 2 aromatic rings. The van der Waals surface area contributed by atoms with Crippen molar-refractivity contribution in [1.82, 2.24) is 0 Å². The van der Waals surface area contributed by atoms with Crippen LogP contribution in [0.2, 0.25) is 0 Å². The SMILES string of the molecule is COc1cccc(CCC(=O)O)c1OCCOc1cc(C)ccc1C(C)C. The maximum atomic E-state index is 10.9. The summed E-state index contributed by atoms with van der Waals surface area (Å²) >= 11 is 0. The summed E-state index contributed by atoms with van der Waals surface area (Å²) in [5.41, 5.74) is 3.13. The van der Waals surface area contributed by atoms with Crippen molar-refractivity contribution in [2.45, 2.75) is 39.5 Å². The second-order valence-electron chi connectivity index (χ2n) is 6.74. The van der Waals surface area contributed by atoms with Gasteiger partial charge in [0.05, 0.1) is 7.11 Å². The summed E-state index contributed by atoms with van der Waals surface area (Å²) < 4.78 is 17.2. The van der Waals surface area contributed by atoms with Crippen LogP contribution in [0.1, 0.15) is 42.9 Å². The maximum Gasteiger partial charge on any atom is 0.303 e. The Hall–Kier alpha value is -2.69. The largest absolute Gasteiger partial charge is 0.493 e. The molecule has 0 amide bonds. The Labute approximate surface area is 160 Å². The highest BCUT2D eigenvalue weighted by atomic mass is 16.5. The van der Waals surface area contributed by atoms with Crippen LogP contribution in [-0.2, 0) is 11.2 Å². The predicted octanol–water partition coefficient (Wildman–Crippen LogP) is 4.60. The zero-order valence-electron chi connectivity index (χ0n) is 16.5. The molecule has 5 nitrogen and oxygen atoms in total. The first-order chi connectivity index (χ1) is 12.9. The molecule has 0 spiro atoms. The third-order valence-corrected chi connectivity index (χ3v) is 4.27. The molecule has 0 aromatic heterocycles. The standard InChI is InChI=1S/C22H28O5/c1-15(2)18-10-8-16(3)14-20(18)26-12-13-27-22-17(9-11-21(23)24)6-5-7-19(22)25-4/h5-8,10,14-15H,9,11-13H2,1-4H3,(H,23,24). The third kappa shape index (κ3) is 5.91. The van der Waals surface area contributed by atoms with Crippen molar-refractivity contribution < 1.29 is 24.1 Å². The number of benzene rings is 2. The summed E-state index contributed by atoms with van der Waals surface area (Å²) in [6, 6.07) is 11.7. The van der Waals surface area contributed by atoms with Crippen LogP contribution in [0, 0.1) is 6.92 Å². The van der Waals surface area contributed by atoms with Crippen LogP contribution in [0.25, 0.3) is 0 Å². The molecule has 0 unspecified atom stereocenters. The monoisotopic (exact) mass is 372 g/mol. The third-order valence-electron chi connectivity index (χ3n) is 4.27. The number of carbonyl (C=O) groups is 1. The zero-order valence-corrected chi connectivity index (χ0v) is 16.5. The van der Waals surface area contributed by atoms with Gasteiger partial charge in [-0.15, -0.1) is 0 Å². The van der Waals surface area contributed by atoms with Gasteiger partial charge in [0, 0.05) is 6.42 Å². The van der Waals surface area contributed by atoms with E-state index >= 15 is 0 Å². The molecule has 146 valence electrons. The molecular formula is C22H28O5. The summed E-state index contributed by atoms with van der Waals surface area (Å²) in [6.07, 6.45) is 0.430. The normalized spacial score (nSPS) is 10.7. The second-order valence-corrected chi connectivity index (χ2v) is 6.74. The fourth-order valence-corrected chi connectivity index (χ4v) is 2.86. The molecule has 2 rings (SSSR count). The molecule has 0 aliphatic heterocycles. The lowest BCUT2D eigenvalue weighted by molar-refractivity contribution is -0.136. The van der Waals surface area contributed by atoms with Crippen LogP contribution in [0.15, 0.2) is 36.4 Å². The number of para-hydroxylation sites is 1. The van der Waals surface area contributed by atoms with Crippen molar-refractivity contribution in [2.75, 3.05) is 20.3 Å². The van der Waals surface area contributed by atoms with Crippen molar-refractivity contribution in [3.05, 3.63) is 53.1 Å². The first kappa shape index (κ1) is 20.6. The highest BCUT2D eigenvalue weighted by Crippen LogP contribution is 2.32. The highest BCUT2D eigenvalue weighted by Gasteiger charge is 2.13. The molecule has 0 aliphatic carbocycles. The van der Waals surface area contributed by atoms with E-state index in [2.05, 4.69) is 26.0 Å². The maximum absolute atomic E-state index is 10.9. The van der Waals surface area contributed by atoms with E-state index in [1.807, 2.05) is 25.1 Å². The van der Waals surface area contributed by atoms with Crippen LogP contribution in [-0.4, -0.2) is 31.4 Å². The first-order valence-corrected chi connectivity index (χ1v) is 9.16. The number of carboxylic acids is 1. The van der Waals surface area contributed by atoms with E-state index in [9.17, 15) is 4.79 Å². The summed E-state index contributed by atoms with van der Waals surface area (Å²) in [5.74, 6) is 1.58. The van der Waals surface area contributed by atoms with Gasteiger partial charge in [0.1, 0.15) is 19.0 Å². The van der Waals surface area contributed by atoms with Crippen LogP contribution in [0.3, 0.4) is 0 Å². The van der Waals surface area contributed by atoms with Gasteiger partial charge >= 0.3 is 5.97 Å². The van der Waals surface area contributed by atoms with Crippen molar-refractivity contribution in [3.63, 3.8) is 0 Å². The number of carboxylic acid groups (broad SMARTS) is 1. The van der Waals surface area contributed by atoms with Gasteiger partial charge in [-0.1, -0.05) is 38.1 Å². The lowest BCUT2D eigenvalue weighted by Gasteiger charge is -2.17. The number of rotatable bonds is 10. The number of methoxy groups -OCH3 is 1. The van der Waals surface area contributed by atoms with Crippen molar-refractivity contribution in [1.29, 1.82) is 0 Å². The average Bonchev–Trinajstić information content (AvgIpc) is 2.63. The molecule has 2 aromatic carbocycles. The van der Waals surface area contributed by atoms with Crippen LogP contribution >= 0.6 is 0 Å². The molecule has 0 saturated carbocycles. The topological polar surface area (TPSA) is 65.0 Å². The molecule has 1 N–H and O–H groups in total. The molecule has 0 bridgehead atoms. The Morgan fingerprint density at radius 3 is 2.48 bits per heavy atom. The number of hydrogen-bond acceptors (Lipinski definition) is 4. The van der Waals surface area contributed by atoms with Gasteiger partial charge in [0.15, 0.2) is 11.5 Å². The van der Waals surface area contributed by atoms with E-state index in [0.717, 1.165) is 16.9 Å². The molecule has 0 radical (unpaired) electrons. The number of aryl methyl sites for hydroxylation is 2. The molecule has 0 saturated heterocycles. The summed E-state index contributed by atoms with van der Waals surface area (Å²) in [7, 11) is 1.57. The van der Waals surface area contributed by atoms with Gasteiger partial charge in [-0.25, -0.2) is 0 Å². The zero-order chi connectivity index (χ0) is 19.8. The van der Waals surface area contributed by atoms with Gasteiger partial charge in [-0.3, -0.25) is 4.79 Å². The van der Waals surface area contributed by atoms with Crippen molar-refractivity contribution in [2.24, 2.45) is 0 Å². The van der Waals surface area contributed by atoms with E-state index < -0.39 is 5.97 Å². The quantitative estimate of drug-likeness (QED) is 0.617. The smallest absolute Gasteiger partial charge is 0.303 e. The summed E-state index contributed by atoms with van der Waals surface area (Å²) in [6.45, 7) is 7.04. The Bertz CT molecular complexity index is 767. The molecule has 0 heterocycles. The summed E-state index contributed by atoms with van der Waals surface area (Å²) in [5, 5.41) is 8.93. The second kappa shape index (κ2) is 9.86. The molecule has 27 heavy (non-hydrogen) atoms. The Balaban J connectivity index is 2.03. The first-order valence-electron chi connectivity index (χ1n) is 9.16. The fourth-order valence-electron chi connectivity index (χ4n) is 2.86. The minimum atomic E-state index is -0.840. The molecule has 0 aliphatic rings. The lowest BCUT2D eigenvalue weighted by atomic mass is 10.0. The fraction of sp³-hybridized carbons (Fsp3) is 0.409. The minimum Gasteiger partial charge on any atom is -0.493 e. The number of hydrogen-bond donors (Lipinski definition) is 1. The number of ether oxygens (including phenoxy) is 3.